The van der Waals surface area contributed by atoms with Gasteiger partial charge in [-0.1, -0.05) is 36.4 Å². The van der Waals surface area contributed by atoms with Gasteiger partial charge < -0.3 is 14.7 Å². The van der Waals surface area contributed by atoms with Gasteiger partial charge in [0.05, 0.1) is 18.9 Å². The van der Waals surface area contributed by atoms with E-state index in [2.05, 4.69) is 15.1 Å². The van der Waals surface area contributed by atoms with Crippen LogP contribution < -0.4 is 9.64 Å². The van der Waals surface area contributed by atoms with Gasteiger partial charge in [-0.15, -0.1) is 5.10 Å². The standard InChI is InChI=1S/C29H28F3N3O2.Co/c1-4-35-25-15-14-22(37-3)18-24(25)28(2,19-21-12-8-9-13-23(21)29(30,31)32)26(35)16-17-33-34-27(36)20-10-6-5-7-11-20;/h5-18H,4,19H2,1-3H3,(H,34,36);/b26-16-,33-17+;. The van der Waals surface area contributed by atoms with E-state index in [0.29, 0.717) is 17.9 Å². The van der Waals surface area contributed by atoms with Gasteiger partial charge in [0, 0.05) is 45.7 Å². The molecule has 3 aromatic carbocycles. The molecule has 38 heavy (non-hydrogen) atoms. The Balaban J connectivity index is 0.00000400. The molecule has 201 valence electrons. The Morgan fingerprint density at radius 2 is 1.74 bits per heavy atom. The number of likely N-dealkylation sites (N-methyl/N-ethyl adjacent to an activating group) is 1. The van der Waals surface area contributed by atoms with Crippen molar-refractivity contribution in [3.63, 3.8) is 0 Å². The summed E-state index contributed by atoms with van der Waals surface area (Å²) in [6.45, 7) is 4.50. The fourth-order valence-electron chi connectivity index (χ4n) is 4.85. The van der Waals surface area contributed by atoms with Crippen molar-refractivity contribution in [2.24, 2.45) is 10.2 Å². The molecular formula is C29H28CoF3N3O2. The summed E-state index contributed by atoms with van der Waals surface area (Å²) in [5, 5.41) is 18.1. The smallest absolute Gasteiger partial charge is 0.416 e. The van der Waals surface area contributed by atoms with Crippen LogP contribution in [0.1, 0.15) is 36.1 Å². The molecule has 9 heteroatoms. The first-order chi connectivity index (χ1) is 17.7. The number of halogens is 3. The van der Waals surface area contributed by atoms with Crippen LogP contribution in [-0.4, -0.2) is 30.9 Å². The minimum Gasteiger partial charge on any atom is -0.497 e. The number of fused-ring (bicyclic) bond motifs is 1. The van der Waals surface area contributed by atoms with Gasteiger partial charge in [0.15, 0.2) is 0 Å². The van der Waals surface area contributed by atoms with E-state index in [1.165, 1.54) is 18.3 Å². The third-order valence-corrected chi connectivity index (χ3v) is 6.61. The summed E-state index contributed by atoms with van der Waals surface area (Å²) in [5.74, 6) is 0.390. The predicted molar refractivity (Wildman–Crippen MR) is 141 cm³/mol. The zero-order chi connectivity index (χ0) is 26.6. The third kappa shape index (κ3) is 5.79. The number of anilines is 1. The van der Waals surface area contributed by atoms with E-state index >= 15 is 0 Å². The van der Waals surface area contributed by atoms with Crippen molar-refractivity contribution in [2.45, 2.75) is 31.9 Å². The monoisotopic (exact) mass is 566 g/mol. The number of benzene rings is 3. The van der Waals surface area contributed by atoms with Crippen LogP contribution in [0.2, 0.25) is 0 Å². The van der Waals surface area contributed by atoms with Crippen LogP contribution in [-0.2, 0) is 34.8 Å². The molecule has 5 nitrogen and oxygen atoms in total. The van der Waals surface area contributed by atoms with E-state index in [1.54, 1.807) is 43.5 Å². The summed E-state index contributed by atoms with van der Waals surface area (Å²) in [6.07, 6.45) is -1.16. The largest absolute Gasteiger partial charge is 0.497 e. The summed E-state index contributed by atoms with van der Waals surface area (Å²) < 4.78 is 47.0. The molecule has 1 unspecified atom stereocenters. The molecule has 1 N–H and O–H groups in total. The molecule has 1 aliphatic rings. The number of methoxy groups -OCH3 is 1. The van der Waals surface area contributed by atoms with Crippen LogP contribution >= 0.6 is 0 Å². The molecular weight excluding hydrogens is 538 g/mol. The molecule has 0 aliphatic carbocycles. The second kappa shape index (κ2) is 11.9. The number of nitrogens with zero attached hydrogens (tertiary/aromatic N) is 3. The maximum absolute atomic E-state index is 13.9. The van der Waals surface area contributed by atoms with Gasteiger partial charge in [-0.05, 0) is 73.9 Å². The number of alkyl halides is 3. The van der Waals surface area contributed by atoms with Crippen molar-refractivity contribution in [1.82, 2.24) is 0 Å². The Morgan fingerprint density at radius 1 is 1.05 bits per heavy atom. The summed E-state index contributed by atoms with van der Waals surface area (Å²) in [7, 11) is 1.56. The van der Waals surface area contributed by atoms with E-state index in [1.807, 2.05) is 38.1 Å². The van der Waals surface area contributed by atoms with Gasteiger partial charge in [0.2, 0.25) is 5.90 Å². The Kier molecular flexibility index (Phi) is 9.06. The number of aliphatic hydroxyl groups is 1. The maximum atomic E-state index is 13.9. The molecule has 0 amide bonds. The predicted octanol–water partition coefficient (Wildman–Crippen LogP) is 6.93. The summed E-state index contributed by atoms with van der Waals surface area (Å²) in [5.41, 5.74) is 1.78. The molecule has 3 aromatic rings. The summed E-state index contributed by atoms with van der Waals surface area (Å²) in [6, 6.07) is 20.1. The molecule has 4 rings (SSSR count). The van der Waals surface area contributed by atoms with Gasteiger partial charge in [-0.25, -0.2) is 0 Å². The first-order valence-corrected chi connectivity index (χ1v) is 11.9. The van der Waals surface area contributed by atoms with Crippen LogP contribution in [0.4, 0.5) is 18.9 Å². The quantitative estimate of drug-likeness (QED) is 0.192. The molecule has 1 aliphatic heterocycles. The van der Waals surface area contributed by atoms with E-state index in [-0.39, 0.29) is 34.7 Å². The van der Waals surface area contributed by atoms with Crippen molar-refractivity contribution < 1.29 is 39.8 Å². The Hall–Kier alpha value is -3.56. The molecule has 1 heterocycles. The number of hydrogen-bond acceptors (Lipinski definition) is 4. The van der Waals surface area contributed by atoms with E-state index in [4.69, 9.17) is 4.74 Å². The summed E-state index contributed by atoms with van der Waals surface area (Å²) in [4.78, 5) is 2.05. The van der Waals surface area contributed by atoms with E-state index in [0.717, 1.165) is 23.0 Å². The fraction of sp³-hybridized carbons (Fsp3) is 0.241. The number of aliphatic hydroxyl groups excluding tert-OH is 1. The van der Waals surface area contributed by atoms with Crippen LogP contribution in [0.5, 0.6) is 5.75 Å². The van der Waals surface area contributed by atoms with Crippen LogP contribution in [0.25, 0.3) is 0 Å². The van der Waals surface area contributed by atoms with Crippen LogP contribution in [0.15, 0.2) is 94.8 Å². The van der Waals surface area contributed by atoms with Crippen LogP contribution in [0.3, 0.4) is 0 Å². The van der Waals surface area contributed by atoms with Crippen molar-refractivity contribution >= 4 is 17.8 Å². The topological polar surface area (TPSA) is 57.4 Å². The van der Waals surface area contributed by atoms with Crippen molar-refractivity contribution in [2.75, 3.05) is 18.6 Å². The van der Waals surface area contributed by atoms with Gasteiger partial charge in [0.25, 0.3) is 0 Å². The maximum Gasteiger partial charge on any atom is 0.416 e. The fourth-order valence-corrected chi connectivity index (χ4v) is 4.85. The molecule has 1 radical (unpaired) electrons. The minimum absolute atomic E-state index is 0. The zero-order valence-electron chi connectivity index (χ0n) is 21.2. The zero-order valence-corrected chi connectivity index (χ0v) is 22.2. The minimum atomic E-state index is -4.47. The SMILES string of the molecule is CCN1\C(=C/C=N/N=C(\O)c2ccccc2)C(C)(Cc2ccccc2C(F)(F)F)c2cc(OC)ccc21.[Co]. The van der Waals surface area contributed by atoms with Crippen molar-refractivity contribution in [1.29, 1.82) is 0 Å². The van der Waals surface area contributed by atoms with Gasteiger partial charge >= 0.3 is 6.18 Å². The first-order valence-electron chi connectivity index (χ1n) is 11.9. The van der Waals surface area contributed by atoms with Crippen LogP contribution in [0, 0.1) is 0 Å². The van der Waals surface area contributed by atoms with E-state index < -0.39 is 17.2 Å². The average Bonchev–Trinajstić information content (AvgIpc) is 3.12. The van der Waals surface area contributed by atoms with Gasteiger partial charge in [-0.2, -0.15) is 18.3 Å². The van der Waals surface area contributed by atoms with Gasteiger partial charge in [0.1, 0.15) is 5.75 Å². The molecule has 0 spiro atoms. The van der Waals surface area contributed by atoms with Crippen molar-refractivity contribution in [3.05, 3.63) is 107 Å². The van der Waals surface area contributed by atoms with E-state index in [9.17, 15) is 18.3 Å². The number of allylic oxidation sites excluding steroid dienone is 2. The second-order valence-electron chi connectivity index (χ2n) is 8.90. The average molecular weight is 566 g/mol. The summed E-state index contributed by atoms with van der Waals surface area (Å²) >= 11 is 0. The Bertz CT molecular complexity index is 1360. The Morgan fingerprint density at radius 3 is 2.39 bits per heavy atom. The third-order valence-electron chi connectivity index (χ3n) is 6.61. The first kappa shape index (κ1) is 29.0. The number of hydrogen-bond donors (Lipinski definition) is 1. The normalized spacial score (nSPS) is 18.5. The molecule has 1 atom stereocenters. The molecule has 0 saturated carbocycles. The molecule has 0 aromatic heterocycles. The van der Waals surface area contributed by atoms with Gasteiger partial charge in [-0.3, -0.25) is 0 Å². The second-order valence-corrected chi connectivity index (χ2v) is 8.90. The molecule has 0 fully saturated rings. The number of rotatable bonds is 7. The van der Waals surface area contributed by atoms with Crippen molar-refractivity contribution in [3.8, 4) is 5.75 Å². The Labute approximate surface area is 230 Å². The molecule has 0 bridgehead atoms. The number of ether oxygens (including phenoxy) is 1. The molecule has 0 saturated heterocycles.